The maximum atomic E-state index is 13.2. The number of fused-ring (bicyclic) bond motifs is 1. The van der Waals surface area contributed by atoms with Crippen molar-refractivity contribution in [2.24, 2.45) is 0 Å². The Hall–Kier alpha value is -2.48. The molecule has 1 saturated carbocycles. The van der Waals surface area contributed by atoms with E-state index in [4.69, 9.17) is 0 Å². The molecular formula is C26H38N6O2. The summed E-state index contributed by atoms with van der Waals surface area (Å²) >= 11 is 0. The van der Waals surface area contributed by atoms with Crippen molar-refractivity contribution < 1.29 is 9.59 Å². The molecule has 8 nitrogen and oxygen atoms in total. The molecule has 3 fully saturated rings. The van der Waals surface area contributed by atoms with E-state index in [-0.39, 0.29) is 23.9 Å². The third-order valence-electron chi connectivity index (χ3n) is 7.84. The van der Waals surface area contributed by atoms with Crippen molar-refractivity contribution in [2.75, 3.05) is 26.2 Å². The highest BCUT2D eigenvalue weighted by Crippen LogP contribution is 2.33. The third kappa shape index (κ3) is 5.11. The van der Waals surface area contributed by atoms with E-state index in [2.05, 4.69) is 20.3 Å². The monoisotopic (exact) mass is 466 g/mol. The van der Waals surface area contributed by atoms with Gasteiger partial charge in [0.15, 0.2) is 5.65 Å². The van der Waals surface area contributed by atoms with Crippen LogP contribution in [0.3, 0.4) is 0 Å². The van der Waals surface area contributed by atoms with Crippen LogP contribution in [0, 0.1) is 0 Å². The van der Waals surface area contributed by atoms with Crippen molar-refractivity contribution in [3.8, 4) is 0 Å². The van der Waals surface area contributed by atoms with Crippen LogP contribution in [0.4, 0.5) is 0 Å². The summed E-state index contributed by atoms with van der Waals surface area (Å²) in [6.07, 6.45) is 16.5. The van der Waals surface area contributed by atoms with E-state index < -0.39 is 0 Å². The van der Waals surface area contributed by atoms with Gasteiger partial charge in [0.25, 0.3) is 5.91 Å². The van der Waals surface area contributed by atoms with E-state index in [1.54, 1.807) is 16.9 Å². The van der Waals surface area contributed by atoms with Crippen molar-refractivity contribution >= 4 is 17.5 Å². The van der Waals surface area contributed by atoms with E-state index >= 15 is 0 Å². The van der Waals surface area contributed by atoms with Crippen LogP contribution < -0.4 is 5.32 Å². The van der Waals surface area contributed by atoms with Crippen molar-refractivity contribution in [3.63, 3.8) is 0 Å². The number of nitrogens with zero attached hydrogens (tertiary/aromatic N) is 5. The Labute approximate surface area is 202 Å². The van der Waals surface area contributed by atoms with Gasteiger partial charge in [-0.3, -0.25) is 9.59 Å². The lowest BCUT2D eigenvalue weighted by Crippen LogP contribution is -2.33. The van der Waals surface area contributed by atoms with E-state index in [1.807, 2.05) is 11.0 Å². The second-order valence-corrected chi connectivity index (χ2v) is 10.2. The first-order valence-corrected chi connectivity index (χ1v) is 13.4. The Bertz CT molecular complexity index is 990. The van der Waals surface area contributed by atoms with Gasteiger partial charge in [-0.25, -0.2) is 9.50 Å². The van der Waals surface area contributed by atoms with Crippen LogP contribution in [-0.4, -0.2) is 68.4 Å². The highest BCUT2D eigenvalue weighted by molar-refractivity contribution is 5.99. The summed E-state index contributed by atoms with van der Waals surface area (Å²) in [6, 6.07) is 2.19. The lowest BCUT2D eigenvalue weighted by molar-refractivity contribution is -0.132. The number of hydrogen-bond acceptors (Lipinski definition) is 5. The standard InChI is InChI=1S/C26H38N6O2/c33-24(12-8-17-30-15-5-1-2-6-16-30)31-18-7-11-22(31)23-13-14-27-25-21(19-28-32(23)25)26(34)29-20-9-3-4-10-20/h13-14,19-20,22H,1-12,15-18H2,(H,29,34)/t22-/m1/s1. The van der Waals surface area contributed by atoms with Gasteiger partial charge in [0, 0.05) is 25.2 Å². The zero-order valence-corrected chi connectivity index (χ0v) is 20.3. The van der Waals surface area contributed by atoms with E-state index in [0.29, 0.717) is 17.6 Å². The summed E-state index contributed by atoms with van der Waals surface area (Å²) in [5.41, 5.74) is 2.04. The highest BCUT2D eigenvalue weighted by Gasteiger charge is 2.32. The lowest BCUT2D eigenvalue weighted by atomic mass is 10.1. The molecule has 2 aromatic rings. The molecule has 5 rings (SSSR count). The van der Waals surface area contributed by atoms with Gasteiger partial charge in [-0.05, 0) is 70.6 Å². The molecular weight excluding hydrogens is 428 g/mol. The minimum absolute atomic E-state index is 0.0122. The van der Waals surface area contributed by atoms with Crippen LogP contribution in [0.1, 0.15) is 99.1 Å². The van der Waals surface area contributed by atoms with Crippen molar-refractivity contribution in [1.82, 2.24) is 29.7 Å². The maximum Gasteiger partial charge on any atom is 0.256 e. The van der Waals surface area contributed by atoms with Crippen molar-refractivity contribution in [1.29, 1.82) is 0 Å². The summed E-state index contributed by atoms with van der Waals surface area (Å²) < 4.78 is 1.77. The molecule has 184 valence electrons. The molecule has 2 aromatic heterocycles. The third-order valence-corrected chi connectivity index (χ3v) is 7.84. The van der Waals surface area contributed by atoms with Crippen LogP contribution in [-0.2, 0) is 4.79 Å². The molecule has 0 bridgehead atoms. The number of rotatable bonds is 7. The molecule has 2 amide bonds. The van der Waals surface area contributed by atoms with Gasteiger partial charge < -0.3 is 15.1 Å². The molecule has 4 heterocycles. The Morgan fingerprint density at radius 3 is 2.56 bits per heavy atom. The molecule has 8 heteroatoms. The van der Waals surface area contributed by atoms with Crippen LogP contribution in [0.15, 0.2) is 18.5 Å². The molecule has 34 heavy (non-hydrogen) atoms. The normalized spacial score (nSPS) is 22.4. The zero-order valence-electron chi connectivity index (χ0n) is 20.3. The molecule has 1 aliphatic carbocycles. The van der Waals surface area contributed by atoms with Crippen LogP contribution in [0.2, 0.25) is 0 Å². The predicted molar refractivity (Wildman–Crippen MR) is 131 cm³/mol. The first-order valence-electron chi connectivity index (χ1n) is 13.4. The second-order valence-electron chi connectivity index (χ2n) is 10.2. The number of nitrogens with one attached hydrogen (secondary N) is 1. The fourth-order valence-corrected chi connectivity index (χ4v) is 5.99. The maximum absolute atomic E-state index is 13.2. The Morgan fingerprint density at radius 1 is 0.971 bits per heavy atom. The predicted octanol–water partition coefficient (Wildman–Crippen LogP) is 3.72. The number of carbonyl (C=O) groups is 2. The number of aromatic nitrogens is 3. The van der Waals surface area contributed by atoms with Crippen molar-refractivity contribution in [3.05, 3.63) is 29.7 Å². The molecule has 2 aliphatic heterocycles. The molecule has 0 radical (unpaired) electrons. The molecule has 0 spiro atoms. The second kappa shape index (κ2) is 10.8. The summed E-state index contributed by atoms with van der Waals surface area (Å²) in [5, 5.41) is 7.68. The highest BCUT2D eigenvalue weighted by atomic mass is 16.2. The van der Waals surface area contributed by atoms with Crippen LogP contribution in [0.25, 0.3) is 5.65 Å². The van der Waals surface area contributed by atoms with Gasteiger partial charge in [0.2, 0.25) is 5.91 Å². The Balaban J connectivity index is 1.25. The summed E-state index contributed by atoms with van der Waals surface area (Å²) in [4.78, 5) is 35.1. The number of hydrogen-bond donors (Lipinski definition) is 1. The molecule has 1 atom stereocenters. The Morgan fingerprint density at radius 2 is 1.76 bits per heavy atom. The van der Waals surface area contributed by atoms with Gasteiger partial charge in [-0.1, -0.05) is 25.7 Å². The number of carbonyl (C=O) groups excluding carboxylic acids is 2. The average molecular weight is 467 g/mol. The summed E-state index contributed by atoms with van der Waals surface area (Å²) in [5.74, 6) is 0.132. The van der Waals surface area contributed by atoms with Gasteiger partial charge in [0.05, 0.1) is 17.9 Å². The molecule has 1 N–H and O–H groups in total. The van der Waals surface area contributed by atoms with E-state index in [9.17, 15) is 9.59 Å². The van der Waals surface area contributed by atoms with Gasteiger partial charge in [0.1, 0.15) is 5.56 Å². The largest absolute Gasteiger partial charge is 0.349 e. The van der Waals surface area contributed by atoms with Gasteiger partial charge >= 0.3 is 0 Å². The lowest BCUT2D eigenvalue weighted by Gasteiger charge is -2.26. The zero-order chi connectivity index (χ0) is 23.3. The molecule has 0 aromatic carbocycles. The molecule has 0 unspecified atom stereocenters. The van der Waals surface area contributed by atoms with Gasteiger partial charge in [-0.2, -0.15) is 5.10 Å². The summed E-state index contributed by atoms with van der Waals surface area (Å²) in [6.45, 7) is 4.15. The molecule has 2 saturated heterocycles. The number of likely N-dealkylation sites (tertiary alicyclic amines) is 2. The van der Waals surface area contributed by atoms with Crippen LogP contribution >= 0.6 is 0 Å². The number of amides is 2. The quantitative estimate of drug-likeness (QED) is 0.672. The van der Waals surface area contributed by atoms with Gasteiger partial charge in [-0.15, -0.1) is 0 Å². The van der Waals surface area contributed by atoms with E-state index in [0.717, 1.165) is 50.9 Å². The minimum atomic E-state index is -0.0978. The smallest absolute Gasteiger partial charge is 0.256 e. The minimum Gasteiger partial charge on any atom is -0.349 e. The Kier molecular flexibility index (Phi) is 7.42. The first kappa shape index (κ1) is 23.3. The fraction of sp³-hybridized carbons (Fsp3) is 0.692. The topological polar surface area (TPSA) is 82.8 Å². The molecule has 3 aliphatic rings. The van der Waals surface area contributed by atoms with Crippen molar-refractivity contribution in [2.45, 2.75) is 89.1 Å². The van der Waals surface area contributed by atoms with E-state index in [1.165, 1.54) is 51.6 Å². The van der Waals surface area contributed by atoms with Crippen LogP contribution in [0.5, 0.6) is 0 Å². The first-order chi connectivity index (χ1) is 16.7. The fourth-order valence-electron chi connectivity index (χ4n) is 5.99. The average Bonchev–Trinajstić information content (AvgIpc) is 3.58. The SMILES string of the molecule is O=C(NC1CCCC1)c1cnn2c([C@H]3CCCN3C(=O)CCCN3CCCCCC3)ccnc12. The summed E-state index contributed by atoms with van der Waals surface area (Å²) in [7, 11) is 0.